The Kier molecular flexibility index (Phi) is 4.55. The smallest absolute Gasteiger partial charge is 0.172 e. The Morgan fingerprint density at radius 1 is 1.32 bits per heavy atom. The number of nitrogens with zero attached hydrogens (tertiary/aromatic N) is 4. The summed E-state index contributed by atoms with van der Waals surface area (Å²) in [5, 5.41) is 8.56. The third kappa shape index (κ3) is 3.32. The second-order valence-electron chi connectivity index (χ2n) is 5.78. The third-order valence-corrected chi connectivity index (χ3v) is 4.97. The zero-order valence-electron chi connectivity index (χ0n) is 13.2. The molecule has 1 atom stereocenters. The molecule has 3 aromatic rings. The molecule has 1 aliphatic rings. The Hall–Kier alpha value is -2.18. The van der Waals surface area contributed by atoms with Crippen molar-refractivity contribution in [3.63, 3.8) is 0 Å². The molecule has 0 saturated carbocycles. The first-order valence-corrected chi connectivity index (χ1v) is 9.11. The first-order chi connectivity index (χ1) is 12.2. The monoisotopic (exact) mass is 415 g/mol. The maximum atomic E-state index is 6.36. The first-order valence-electron chi connectivity index (χ1n) is 7.94. The quantitative estimate of drug-likeness (QED) is 0.663. The molecule has 4 rings (SSSR count). The predicted molar refractivity (Wildman–Crippen MR) is 105 cm³/mol. The Morgan fingerprint density at radius 2 is 2.20 bits per heavy atom. The van der Waals surface area contributed by atoms with Crippen LogP contribution < -0.4 is 5.32 Å². The van der Waals surface area contributed by atoms with Crippen LogP contribution in [-0.4, -0.2) is 27.4 Å². The van der Waals surface area contributed by atoms with Gasteiger partial charge < -0.3 is 5.32 Å². The van der Waals surface area contributed by atoms with E-state index in [0.717, 1.165) is 40.2 Å². The highest BCUT2D eigenvalue weighted by atomic mass is 79.9. The molecule has 7 heteroatoms. The lowest BCUT2D eigenvalue weighted by Gasteiger charge is -2.16. The molecular formula is C18H15BrClN5. The van der Waals surface area contributed by atoms with Gasteiger partial charge >= 0.3 is 0 Å². The van der Waals surface area contributed by atoms with Crippen molar-refractivity contribution in [2.75, 3.05) is 11.9 Å². The topological polar surface area (TPSA) is 54.6 Å². The van der Waals surface area contributed by atoms with Crippen LogP contribution in [0.5, 0.6) is 0 Å². The van der Waals surface area contributed by atoms with E-state index in [0.29, 0.717) is 10.9 Å². The van der Waals surface area contributed by atoms with Gasteiger partial charge in [-0.1, -0.05) is 35.9 Å². The summed E-state index contributed by atoms with van der Waals surface area (Å²) < 4.78 is 2.64. The molecule has 1 unspecified atom stereocenters. The lowest BCUT2D eigenvalue weighted by molar-refractivity contribution is 0.710. The molecule has 0 aliphatic carbocycles. The first kappa shape index (κ1) is 16.3. The van der Waals surface area contributed by atoms with Crippen LogP contribution in [0.25, 0.3) is 16.9 Å². The van der Waals surface area contributed by atoms with Gasteiger partial charge in [0, 0.05) is 41.5 Å². The molecule has 0 saturated heterocycles. The van der Waals surface area contributed by atoms with Gasteiger partial charge in [0.1, 0.15) is 5.82 Å². The minimum absolute atomic E-state index is 0.406. The van der Waals surface area contributed by atoms with Crippen molar-refractivity contribution in [2.45, 2.75) is 6.42 Å². The summed E-state index contributed by atoms with van der Waals surface area (Å²) >= 11 is 9.88. The average molecular weight is 417 g/mol. The van der Waals surface area contributed by atoms with Crippen LogP contribution in [-0.2, 0) is 0 Å². The SMILES string of the molecule is Clc1ccccc1-c1cc(NCC2C=CN=CC2)n2ncc(Br)c2n1. The van der Waals surface area contributed by atoms with E-state index in [1.54, 1.807) is 10.7 Å². The molecule has 5 nitrogen and oxygen atoms in total. The van der Waals surface area contributed by atoms with E-state index >= 15 is 0 Å². The van der Waals surface area contributed by atoms with Gasteiger partial charge in [-0.3, -0.25) is 4.99 Å². The van der Waals surface area contributed by atoms with Crippen molar-refractivity contribution < 1.29 is 0 Å². The summed E-state index contributed by atoms with van der Waals surface area (Å²) in [6, 6.07) is 9.68. The van der Waals surface area contributed by atoms with Crippen molar-refractivity contribution in [3.8, 4) is 11.3 Å². The minimum Gasteiger partial charge on any atom is -0.369 e. The normalized spacial score (nSPS) is 16.5. The molecule has 0 amide bonds. The molecular weight excluding hydrogens is 402 g/mol. The molecule has 1 aromatic carbocycles. The van der Waals surface area contributed by atoms with Crippen LogP contribution >= 0.6 is 27.5 Å². The van der Waals surface area contributed by atoms with Crippen molar-refractivity contribution >= 4 is 45.2 Å². The van der Waals surface area contributed by atoms with Crippen LogP contribution in [0.3, 0.4) is 0 Å². The van der Waals surface area contributed by atoms with Crippen molar-refractivity contribution in [1.82, 2.24) is 14.6 Å². The van der Waals surface area contributed by atoms with E-state index in [9.17, 15) is 0 Å². The summed E-state index contributed by atoms with van der Waals surface area (Å²) in [7, 11) is 0. The molecule has 0 spiro atoms. The average Bonchev–Trinajstić information content (AvgIpc) is 3.02. The van der Waals surface area contributed by atoms with Crippen molar-refractivity contribution in [3.05, 3.63) is 58.3 Å². The number of anilines is 1. The molecule has 3 heterocycles. The number of halogens is 2. The zero-order valence-corrected chi connectivity index (χ0v) is 15.6. The second-order valence-corrected chi connectivity index (χ2v) is 7.05. The Bertz CT molecular complexity index is 979. The number of nitrogens with one attached hydrogen (secondary N) is 1. The van der Waals surface area contributed by atoms with Crippen molar-refractivity contribution in [1.29, 1.82) is 0 Å². The van der Waals surface area contributed by atoms with Crippen LogP contribution in [0, 0.1) is 5.92 Å². The number of rotatable bonds is 4. The Morgan fingerprint density at radius 3 is 3.00 bits per heavy atom. The van der Waals surface area contributed by atoms with Crippen LogP contribution in [0.4, 0.5) is 5.82 Å². The van der Waals surface area contributed by atoms with Crippen LogP contribution in [0.1, 0.15) is 6.42 Å². The highest BCUT2D eigenvalue weighted by Crippen LogP contribution is 2.30. The molecule has 126 valence electrons. The summed E-state index contributed by atoms with van der Waals surface area (Å²) in [6.07, 6.45) is 8.57. The minimum atomic E-state index is 0.406. The second kappa shape index (κ2) is 6.98. The van der Waals surface area contributed by atoms with Gasteiger partial charge in [-0.25, -0.2) is 4.98 Å². The van der Waals surface area contributed by atoms with Gasteiger partial charge in [-0.2, -0.15) is 9.61 Å². The zero-order chi connectivity index (χ0) is 17.2. The summed E-state index contributed by atoms with van der Waals surface area (Å²) in [4.78, 5) is 8.83. The number of hydrogen-bond acceptors (Lipinski definition) is 4. The lowest BCUT2D eigenvalue weighted by atomic mass is 10.1. The van der Waals surface area contributed by atoms with E-state index in [4.69, 9.17) is 16.6 Å². The number of aromatic nitrogens is 3. The van der Waals surface area contributed by atoms with E-state index in [1.807, 2.05) is 42.7 Å². The highest BCUT2D eigenvalue weighted by molar-refractivity contribution is 9.10. The van der Waals surface area contributed by atoms with E-state index in [1.165, 1.54) is 0 Å². The number of aliphatic imine (C=N–C) groups is 1. The van der Waals surface area contributed by atoms with Gasteiger partial charge in [0.05, 0.1) is 16.4 Å². The van der Waals surface area contributed by atoms with Gasteiger partial charge in [0.15, 0.2) is 5.65 Å². The molecule has 0 radical (unpaired) electrons. The predicted octanol–water partition coefficient (Wildman–Crippen LogP) is 4.83. The Balaban J connectivity index is 1.73. The molecule has 0 bridgehead atoms. The summed E-state index contributed by atoms with van der Waals surface area (Å²) in [5.74, 6) is 1.28. The van der Waals surface area contributed by atoms with Crippen LogP contribution in [0.2, 0.25) is 5.02 Å². The fraction of sp³-hybridized carbons (Fsp3) is 0.167. The van der Waals surface area contributed by atoms with E-state index in [-0.39, 0.29) is 0 Å². The fourth-order valence-corrected chi connectivity index (χ4v) is 3.34. The molecule has 1 N–H and O–H groups in total. The number of fused-ring (bicyclic) bond motifs is 1. The molecule has 2 aromatic heterocycles. The van der Waals surface area contributed by atoms with Gasteiger partial charge in [-0.05, 0) is 28.4 Å². The maximum absolute atomic E-state index is 6.36. The standard InChI is InChI=1S/C18H15BrClN5/c19-14-11-23-25-17(22-10-12-5-7-21-8-6-12)9-16(24-18(14)25)13-3-1-2-4-15(13)20/h1-5,7-9,11-12,22H,6,10H2. The van der Waals surface area contributed by atoms with Gasteiger partial charge in [-0.15, -0.1) is 0 Å². The Labute approximate surface area is 158 Å². The van der Waals surface area contributed by atoms with Gasteiger partial charge in [0.25, 0.3) is 0 Å². The highest BCUT2D eigenvalue weighted by Gasteiger charge is 2.14. The number of hydrogen-bond donors (Lipinski definition) is 1. The van der Waals surface area contributed by atoms with Crippen molar-refractivity contribution in [2.24, 2.45) is 10.9 Å². The largest absolute Gasteiger partial charge is 0.369 e. The van der Waals surface area contributed by atoms with E-state index in [2.05, 4.69) is 37.4 Å². The third-order valence-electron chi connectivity index (χ3n) is 4.08. The maximum Gasteiger partial charge on any atom is 0.172 e. The van der Waals surface area contributed by atoms with Crippen LogP contribution in [0.15, 0.2) is 58.3 Å². The molecule has 1 aliphatic heterocycles. The summed E-state index contributed by atoms with van der Waals surface area (Å²) in [5.41, 5.74) is 2.45. The summed E-state index contributed by atoms with van der Waals surface area (Å²) in [6.45, 7) is 0.793. The molecule has 0 fully saturated rings. The molecule has 25 heavy (non-hydrogen) atoms. The lowest BCUT2D eigenvalue weighted by Crippen LogP contribution is -2.16. The van der Waals surface area contributed by atoms with E-state index < -0.39 is 0 Å². The fourth-order valence-electron chi connectivity index (χ4n) is 2.76. The van der Waals surface area contributed by atoms with Gasteiger partial charge in [0.2, 0.25) is 0 Å². The number of benzene rings is 1.